The van der Waals surface area contributed by atoms with Gasteiger partial charge >= 0.3 is 0 Å². The van der Waals surface area contributed by atoms with Crippen LogP contribution < -0.4 is 9.47 Å². The Morgan fingerprint density at radius 2 is 1.91 bits per heavy atom. The first-order chi connectivity index (χ1) is 16.1. The number of hydrogen-bond donors (Lipinski definition) is 0. The first-order valence-electron chi connectivity index (χ1n) is 11.2. The number of carbonyl (C=O) groups excluding carboxylic acids is 1. The summed E-state index contributed by atoms with van der Waals surface area (Å²) in [5, 5.41) is 0. The topological polar surface area (TPSA) is 56.1 Å². The number of methoxy groups -OCH3 is 1. The maximum absolute atomic E-state index is 13.3. The minimum Gasteiger partial charge on any atom is -0.497 e. The number of carbonyl (C=O) groups is 1. The SMILES string of the molecule is COc1ccc(C2CCN(C(=O)c3ccccc3OCc3cn4cccc(C)c4n3)C2)cc1. The van der Waals surface area contributed by atoms with Gasteiger partial charge in [-0.25, -0.2) is 4.98 Å². The van der Waals surface area contributed by atoms with Crippen LogP contribution in [0.25, 0.3) is 5.65 Å². The Morgan fingerprint density at radius 3 is 2.70 bits per heavy atom. The van der Waals surface area contributed by atoms with Crippen LogP contribution in [0.15, 0.2) is 73.1 Å². The number of fused-ring (bicyclic) bond motifs is 1. The second-order valence-electron chi connectivity index (χ2n) is 8.45. The van der Waals surface area contributed by atoms with E-state index in [1.54, 1.807) is 7.11 Å². The predicted octanol–water partition coefficient (Wildman–Crippen LogP) is 4.86. The molecule has 2 aromatic heterocycles. The summed E-state index contributed by atoms with van der Waals surface area (Å²) in [6.45, 7) is 3.77. The smallest absolute Gasteiger partial charge is 0.257 e. The molecule has 0 spiro atoms. The van der Waals surface area contributed by atoms with E-state index < -0.39 is 0 Å². The van der Waals surface area contributed by atoms with Crippen molar-refractivity contribution >= 4 is 11.6 Å². The molecule has 6 nitrogen and oxygen atoms in total. The standard InChI is InChI=1S/C27H27N3O3/c1-19-6-5-14-29-17-22(28-26(19)29)18-33-25-8-4-3-7-24(25)27(31)30-15-13-21(16-30)20-9-11-23(32-2)12-10-20/h3-12,14,17,21H,13,15-16,18H2,1-2H3. The number of aromatic nitrogens is 2. The van der Waals surface area contributed by atoms with E-state index in [0.717, 1.165) is 35.6 Å². The molecule has 0 aliphatic carbocycles. The number of benzene rings is 2. The third-order valence-corrected chi connectivity index (χ3v) is 6.28. The van der Waals surface area contributed by atoms with E-state index in [4.69, 9.17) is 9.47 Å². The molecule has 0 saturated carbocycles. The lowest BCUT2D eigenvalue weighted by Crippen LogP contribution is -2.28. The number of likely N-dealkylation sites (tertiary alicyclic amines) is 1. The van der Waals surface area contributed by atoms with Crippen molar-refractivity contribution in [2.75, 3.05) is 20.2 Å². The minimum atomic E-state index is 0.00691. The van der Waals surface area contributed by atoms with E-state index >= 15 is 0 Å². The highest BCUT2D eigenvalue weighted by molar-refractivity contribution is 5.97. The lowest BCUT2D eigenvalue weighted by molar-refractivity contribution is 0.0786. The maximum atomic E-state index is 13.3. The van der Waals surface area contributed by atoms with Gasteiger partial charge in [-0.1, -0.05) is 30.3 Å². The Kier molecular flexibility index (Phi) is 5.73. The molecule has 4 aromatic rings. The fraction of sp³-hybridized carbons (Fsp3) is 0.259. The summed E-state index contributed by atoms with van der Waals surface area (Å²) >= 11 is 0. The first-order valence-corrected chi connectivity index (χ1v) is 11.2. The van der Waals surface area contributed by atoms with Crippen LogP contribution in [0, 0.1) is 6.92 Å². The number of amides is 1. The van der Waals surface area contributed by atoms with Gasteiger partial charge in [0.2, 0.25) is 0 Å². The Bertz CT molecular complexity index is 1280. The maximum Gasteiger partial charge on any atom is 0.257 e. The van der Waals surface area contributed by atoms with Gasteiger partial charge in [-0.2, -0.15) is 0 Å². The van der Waals surface area contributed by atoms with Crippen molar-refractivity contribution in [2.24, 2.45) is 0 Å². The molecule has 3 heterocycles. The molecule has 1 atom stereocenters. The van der Waals surface area contributed by atoms with Crippen LogP contribution in [-0.4, -0.2) is 40.4 Å². The van der Waals surface area contributed by atoms with Gasteiger partial charge in [0.05, 0.1) is 18.4 Å². The zero-order valence-electron chi connectivity index (χ0n) is 18.9. The summed E-state index contributed by atoms with van der Waals surface area (Å²) in [5.74, 6) is 1.77. The number of hydrogen-bond acceptors (Lipinski definition) is 4. The third kappa shape index (κ3) is 4.29. The average Bonchev–Trinajstić information content (AvgIpc) is 3.51. The first kappa shape index (κ1) is 21.1. The van der Waals surface area contributed by atoms with Crippen LogP contribution >= 0.6 is 0 Å². The van der Waals surface area contributed by atoms with Gasteiger partial charge in [-0.3, -0.25) is 4.79 Å². The molecule has 0 radical (unpaired) electrons. The van der Waals surface area contributed by atoms with E-state index in [2.05, 4.69) is 17.1 Å². The van der Waals surface area contributed by atoms with Gasteiger partial charge in [0.25, 0.3) is 5.91 Å². The molecule has 1 aliphatic rings. The van der Waals surface area contributed by atoms with Crippen molar-refractivity contribution in [3.8, 4) is 11.5 Å². The zero-order chi connectivity index (χ0) is 22.8. The molecule has 0 N–H and O–H groups in total. The van der Waals surface area contributed by atoms with Crippen LogP contribution in [0.1, 0.15) is 39.5 Å². The molecule has 33 heavy (non-hydrogen) atoms. The van der Waals surface area contributed by atoms with Crippen LogP contribution in [0.3, 0.4) is 0 Å². The number of ether oxygens (including phenoxy) is 2. The van der Waals surface area contributed by atoms with Crippen molar-refractivity contribution in [1.29, 1.82) is 0 Å². The van der Waals surface area contributed by atoms with Gasteiger partial charge in [0, 0.05) is 31.4 Å². The van der Waals surface area contributed by atoms with Gasteiger partial charge < -0.3 is 18.8 Å². The minimum absolute atomic E-state index is 0.00691. The lowest BCUT2D eigenvalue weighted by Gasteiger charge is -2.19. The Hall–Kier alpha value is -3.80. The fourth-order valence-electron chi connectivity index (χ4n) is 4.46. The van der Waals surface area contributed by atoms with Crippen LogP contribution in [-0.2, 0) is 6.61 Å². The van der Waals surface area contributed by atoms with E-state index in [0.29, 0.717) is 30.4 Å². The lowest BCUT2D eigenvalue weighted by atomic mass is 9.98. The van der Waals surface area contributed by atoms with Crippen molar-refractivity contribution in [1.82, 2.24) is 14.3 Å². The highest BCUT2D eigenvalue weighted by atomic mass is 16.5. The summed E-state index contributed by atoms with van der Waals surface area (Å²) < 4.78 is 13.3. The number of nitrogens with zero attached hydrogens (tertiary/aromatic N) is 3. The van der Waals surface area contributed by atoms with Crippen molar-refractivity contribution in [3.63, 3.8) is 0 Å². The highest BCUT2D eigenvalue weighted by Gasteiger charge is 2.29. The van der Waals surface area contributed by atoms with Crippen molar-refractivity contribution in [2.45, 2.75) is 25.9 Å². The molecular weight excluding hydrogens is 414 g/mol. The number of rotatable bonds is 6. The second kappa shape index (κ2) is 8.98. The molecule has 1 fully saturated rings. The summed E-state index contributed by atoms with van der Waals surface area (Å²) in [4.78, 5) is 19.9. The van der Waals surface area contributed by atoms with Crippen molar-refractivity contribution < 1.29 is 14.3 Å². The summed E-state index contributed by atoms with van der Waals surface area (Å²) in [5.41, 5.74) is 4.68. The summed E-state index contributed by atoms with van der Waals surface area (Å²) in [6.07, 6.45) is 4.89. The molecule has 6 heteroatoms. The summed E-state index contributed by atoms with van der Waals surface area (Å²) in [6, 6.07) is 19.6. The monoisotopic (exact) mass is 441 g/mol. The van der Waals surface area contributed by atoms with Gasteiger partial charge in [0.15, 0.2) is 0 Å². The van der Waals surface area contributed by atoms with E-state index in [1.807, 2.05) is 77.1 Å². The van der Waals surface area contributed by atoms with Crippen molar-refractivity contribution in [3.05, 3.63) is 95.4 Å². The number of aryl methyl sites for hydroxylation is 1. The molecule has 0 bridgehead atoms. The summed E-state index contributed by atoms with van der Waals surface area (Å²) in [7, 11) is 1.67. The molecule has 1 aliphatic heterocycles. The largest absolute Gasteiger partial charge is 0.497 e. The van der Waals surface area contributed by atoms with E-state index in [-0.39, 0.29) is 5.91 Å². The van der Waals surface area contributed by atoms with E-state index in [9.17, 15) is 4.79 Å². The van der Waals surface area contributed by atoms with Crippen LogP contribution in [0.2, 0.25) is 0 Å². The molecule has 5 rings (SSSR count). The number of para-hydroxylation sites is 1. The number of imidazole rings is 1. The molecule has 1 amide bonds. The zero-order valence-corrected chi connectivity index (χ0v) is 18.9. The van der Waals surface area contributed by atoms with Gasteiger partial charge in [-0.05, 0) is 54.8 Å². The van der Waals surface area contributed by atoms with Crippen LogP contribution in [0.5, 0.6) is 11.5 Å². The van der Waals surface area contributed by atoms with Gasteiger partial charge in [0.1, 0.15) is 23.8 Å². The molecule has 1 unspecified atom stereocenters. The Balaban J connectivity index is 1.28. The molecule has 168 valence electrons. The average molecular weight is 442 g/mol. The van der Waals surface area contributed by atoms with Crippen LogP contribution in [0.4, 0.5) is 0 Å². The predicted molar refractivity (Wildman–Crippen MR) is 127 cm³/mol. The second-order valence-corrected chi connectivity index (χ2v) is 8.45. The third-order valence-electron chi connectivity index (χ3n) is 6.28. The highest BCUT2D eigenvalue weighted by Crippen LogP contribution is 2.31. The fourth-order valence-corrected chi connectivity index (χ4v) is 4.46. The number of pyridine rings is 1. The van der Waals surface area contributed by atoms with Gasteiger partial charge in [-0.15, -0.1) is 0 Å². The molecule has 2 aromatic carbocycles. The quantitative estimate of drug-likeness (QED) is 0.429. The Morgan fingerprint density at radius 1 is 1.09 bits per heavy atom. The van der Waals surface area contributed by atoms with E-state index in [1.165, 1.54) is 5.56 Å². The molecule has 1 saturated heterocycles. The Labute approximate surface area is 193 Å². The normalized spacial score (nSPS) is 15.7. The molecular formula is C27H27N3O3.